The van der Waals surface area contributed by atoms with E-state index in [1.807, 2.05) is 7.05 Å². The Labute approximate surface area is 56.9 Å². The van der Waals surface area contributed by atoms with Gasteiger partial charge in [0.25, 0.3) is 0 Å². The zero-order valence-electron chi connectivity index (χ0n) is 6.15. The number of hydrogen-bond acceptors (Lipinski definition) is 2. The Morgan fingerprint density at radius 2 is 2.33 bits per heavy atom. The van der Waals surface area contributed by atoms with Crippen molar-refractivity contribution >= 4 is 0 Å². The first-order valence-electron chi connectivity index (χ1n) is 3.39. The summed E-state index contributed by atoms with van der Waals surface area (Å²) in [5, 5.41) is 11.4. The summed E-state index contributed by atoms with van der Waals surface area (Å²) in [4.78, 5) is 0. The molecule has 0 aromatic rings. The van der Waals surface area contributed by atoms with Crippen LogP contribution in [-0.2, 0) is 0 Å². The van der Waals surface area contributed by atoms with E-state index in [0.29, 0.717) is 12.5 Å². The fourth-order valence-corrected chi connectivity index (χ4v) is 0.807. The average Bonchev–Trinajstić information content (AvgIpc) is 1.88. The van der Waals surface area contributed by atoms with E-state index < -0.39 is 0 Å². The Balaban J connectivity index is 3.32. The maximum Gasteiger partial charge on any atom is 0.0638 e. The Kier molecular flexibility index (Phi) is 5.24. The van der Waals surface area contributed by atoms with Crippen molar-refractivity contribution < 1.29 is 0 Å². The second-order valence-electron chi connectivity index (χ2n) is 2.14. The molecule has 1 unspecified atom stereocenters. The Bertz CT molecular complexity index is 93.6. The lowest BCUT2D eigenvalue weighted by Gasteiger charge is -2.09. The number of hydrogen-bond donors (Lipinski definition) is 1. The summed E-state index contributed by atoms with van der Waals surface area (Å²) in [6, 6.07) is 2.54. The van der Waals surface area contributed by atoms with Gasteiger partial charge in [-0.1, -0.05) is 13.3 Å². The van der Waals surface area contributed by atoms with E-state index in [1.54, 1.807) is 0 Å². The van der Waals surface area contributed by atoms with E-state index in [2.05, 4.69) is 18.3 Å². The third kappa shape index (κ3) is 3.99. The second-order valence-corrected chi connectivity index (χ2v) is 2.14. The molecule has 0 saturated carbocycles. The largest absolute Gasteiger partial charge is 0.316 e. The van der Waals surface area contributed by atoms with Crippen LogP contribution in [0.3, 0.4) is 0 Å². The van der Waals surface area contributed by atoms with Crippen LogP contribution in [0.15, 0.2) is 0 Å². The SMILES string of the molecule is CCCC(CC#N)NC. The fraction of sp³-hybridized carbons (Fsp3) is 0.857. The fourth-order valence-electron chi connectivity index (χ4n) is 0.807. The highest BCUT2D eigenvalue weighted by Gasteiger charge is 2.00. The van der Waals surface area contributed by atoms with Crippen LogP contribution in [0.25, 0.3) is 0 Å². The number of nitriles is 1. The van der Waals surface area contributed by atoms with Gasteiger partial charge in [0.15, 0.2) is 0 Å². The Hall–Kier alpha value is -0.550. The summed E-state index contributed by atoms with van der Waals surface area (Å²) in [6.07, 6.45) is 2.88. The minimum absolute atomic E-state index is 0.403. The summed E-state index contributed by atoms with van der Waals surface area (Å²) < 4.78 is 0. The normalized spacial score (nSPS) is 12.6. The summed E-state index contributed by atoms with van der Waals surface area (Å²) in [5.41, 5.74) is 0. The zero-order valence-corrected chi connectivity index (χ0v) is 6.15. The van der Waals surface area contributed by atoms with E-state index in [4.69, 9.17) is 5.26 Å². The van der Waals surface area contributed by atoms with Crippen LogP contribution in [0.1, 0.15) is 26.2 Å². The van der Waals surface area contributed by atoms with Crippen LogP contribution in [0.4, 0.5) is 0 Å². The van der Waals surface area contributed by atoms with Gasteiger partial charge in [0.2, 0.25) is 0 Å². The molecule has 0 amide bonds. The number of nitrogens with one attached hydrogen (secondary N) is 1. The minimum Gasteiger partial charge on any atom is -0.316 e. The molecule has 2 nitrogen and oxygen atoms in total. The van der Waals surface area contributed by atoms with Crippen molar-refractivity contribution in [3.8, 4) is 6.07 Å². The lowest BCUT2D eigenvalue weighted by atomic mass is 10.1. The highest BCUT2D eigenvalue weighted by Crippen LogP contribution is 1.98. The van der Waals surface area contributed by atoms with Crippen molar-refractivity contribution in [3.05, 3.63) is 0 Å². The van der Waals surface area contributed by atoms with Crippen molar-refractivity contribution in [2.75, 3.05) is 7.05 Å². The molecular formula is C7H14N2. The molecule has 0 aromatic heterocycles. The molecule has 0 heterocycles. The van der Waals surface area contributed by atoms with Crippen LogP contribution in [0.2, 0.25) is 0 Å². The van der Waals surface area contributed by atoms with E-state index in [-0.39, 0.29) is 0 Å². The second kappa shape index (κ2) is 5.58. The van der Waals surface area contributed by atoms with Crippen LogP contribution in [0.5, 0.6) is 0 Å². The molecular weight excluding hydrogens is 112 g/mol. The Morgan fingerprint density at radius 3 is 2.67 bits per heavy atom. The van der Waals surface area contributed by atoms with Gasteiger partial charge in [-0.15, -0.1) is 0 Å². The average molecular weight is 126 g/mol. The molecule has 1 atom stereocenters. The number of nitrogens with zero attached hydrogens (tertiary/aromatic N) is 1. The smallest absolute Gasteiger partial charge is 0.0638 e. The van der Waals surface area contributed by atoms with Gasteiger partial charge >= 0.3 is 0 Å². The lowest BCUT2D eigenvalue weighted by molar-refractivity contribution is 0.525. The molecule has 9 heavy (non-hydrogen) atoms. The predicted molar refractivity (Wildman–Crippen MR) is 38.0 cm³/mol. The number of rotatable bonds is 4. The molecule has 0 aliphatic rings. The van der Waals surface area contributed by atoms with E-state index in [9.17, 15) is 0 Å². The summed E-state index contributed by atoms with van der Waals surface area (Å²) in [6.45, 7) is 2.13. The van der Waals surface area contributed by atoms with Crippen molar-refractivity contribution in [1.82, 2.24) is 5.32 Å². The van der Waals surface area contributed by atoms with E-state index in [0.717, 1.165) is 12.8 Å². The monoisotopic (exact) mass is 126 g/mol. The molecule has 0 rings (SSSR count). The molecule has 0 bridgehead atoms. The van der Waals surface area contributed by atoms with E-state index in [1.165, 1.54) is 0 Å². The maximum absolute atomic E-state index is 8.30. The molecule has 0 aliphatic heterocycles. The minimum atomic E-state index is 0.403. The van der Waals surface area contributed by atoms with Gasteiger partial charge in [-0.05, 0) is 13.5 Å². The topological polar surface area (TPSA) is 35.8 Å². The molecule has 0 aliphatic carbocycles. The first kappa shape index (κ1) is 8.45. The Morgan fingerprint density at radius 1 is 1.67 bits per heavy atom. The maximum atomic E-state index is 8.30. The van der Waals surface area contributed by atoms with Crippen molar-refractivity contribution in [2.24, 2.45) is 0 Å². The zero-order chi connectivity index (χ0) is 7.11. The molecule has 0 spiro atoms. The van der Waals surface area contributed by atoms with Gasteiger partial charge in [0.05, 0.1) is 12.5 Å². The van der Waals surface area contributed by atoms with Gasteiger partial charge in [-0.25, -0.2) is 0 Å². The summed E-state index contributed by atoms with van der Waals surface area (Å²) in [5.74, 6) is 0. The van der Waals surface area contributed by atoms with Crippen LogP contribution >= 0.6 is 0 Å². The quantitative estimate of drug-likeness (QED) is 0.616. The first-order valence-corrected chi connectivity index (χ1v) is 3.39. The standard InChI is InChI=1S/C7H14N2/c1-3-4-7(9-2)5-6-8/h7,9H,3-5H2,1-2H3. The first-order chi connectivity index (χ1) is 4.35. The molecule has 52 valence electrons. The molecule has 1 N–H and O–H groups in total. The third-order valence-electron chi connectivity index (χ3n) is 1.38. The molecule has 2 heteroatoms. The van der Waals surface area contributed by atoms with Crippen LogP contribution in [-0.4, -0.2) is 13.1 Å². The van der Waals surface area contributed by atoms with Gasteiger partial charge in [-0.3, -0.25) is 0 Å². The highest BCUT2D eigenvalue weighted by atomic mass is 14.9. The summed E-state index contributed by atoms with van der Waals surface area (Å²) in [7, 11) is 1.90. The van der Waals surface area contributed by atoms with Crippen LogP contribution in [0, 0.1) is 11.3 Å². The highest BCUT2D eigenvalue weighted by molar-refractivity contribution is 4.78. The lowest BCUT2D eigenvalue weighted by Crippen LogP contribution is -2.23. The molecule has 0 fully saturated rings. The van der Waals surface area contributed by atoms with Crippen LogP contribution < -0.4 is 5.32 Å². The van der Waals surface area contributed by atoms with Crippen molar-refractivity contribution in [2.45, 2.75) is 32.2 Å². The van der Waals surface area contributed by atoms with Gasteiger partial charge in [0, 0.05) is 6.04 Å². The van der Waals surface area contributed by atoms with Gasteiger partial charge < -0.3 is 5.32 Å². The van der Waals surface area contributed by atoms with Crippen molar-refractivity contribution in [3.63, 3.8) is 0 Å². The molecule has 0 saturated heterocycles. The van der Waals surface area contributed by atoms with Crippen molar-refractivity contribution in [1.29, 1.82) is 5.26 Å². The van der Waals surface area contributed by atoms with Gasteiger partial charge in [-0.2, -0.15) is 5.26 Å². The third-order valence-corrected chi connectivity index (χ3v) is 1.38. The molecule has 0 aromatic carbocycles. The summed E-state index contributed by atoms with van der Waals surface area (Å²) >= 11 is 0. The van der Waals surface area contributed by atoms with Gasteiger partial charge in [0.1, 0.15) is 0 Å². The predicted octanol–water partition coefficient (Wildman–Crippen LogP) is 1.29. The van der Waals surface area contributed by atoms with E-state index >= 15 is 0 Å². The molecule has 0 radical (unpaired) electrons.